The number of carbonyl (C=O) groups is 1. The summed E-state index contributed by atoms with van der Waals surface area (Å²) in [6.07, 6.45) is 6.17. The summed E-state index contributed by atoms with van der Waals surface area (Å²) in [4.78, 5) is 25.6. The molecule has 3 saturated heterocycles. The lowest BCUT2D eigenvalue weighted by Gasteiger charge is -2.36. The molecule has 42 heavy (non-hydrogen) atoms. The Labute approximate surface area is 250 Å². The average Bonchev–Trinajstić information content (AvgIpc) is 3.51. The van der Waals surface area contributed by atoms with Gasteiger partial charge in [0.1, 0.15) is 18.1 Å². The third kappa shape index (κ3) is 13.9. The molecule has 12 heteroatoms. The van der Waals surface area contributed by atoms with Crippen LogP contribution in [0.25, 0.3) is 0 Å². The SMILES string of the molecule is C=CC1CC(/C=C(\C)C(F)(F)F)C(=NCC(=O)NC)NN1.CC.CC(C)=NO/C(C)=C/N1CCC(N2CCCC2)CC1. The van der Waals surface area contributed by atoms with Crippen LogP contribution in [-0.2, 0) is 9.63 Å². The van der Waals surface area contributed by atoms with Crippen molar-refractivity contribution < 1.29 is 22.8 Å². The molecule has 3 heterocycles. The lowest BCUT2D eigenvalue weighted by Crippen LogP contribution is -2.52. The van der Waals surface area contributed by atoms with Crippen LogP contribution in [0.15, 0.2) is 46.4 Å². The topological polar surface area (TPSA) is 93.6 Å². The summed E-state index contributed by atoms with van der Waals surface area (Å²) >= 11 is 0. The molecule has 0 aromatic rings. The molecule has 3 aliphatic rings. The van der Waals surface area contributed by atoms with Gasteiger partial charge in [0, 0.05) is 49.9 Å². The van der Waals surface area contributed by atoms with Crippen molar-refractivity contribution in [3.63, 3.8) is 0 Å². The zero-order chi connectivity index (χ0) is 31.7. The van der Waals surface area contributed by atoms with Gasteiger partial charge in [-0.2, -0.15) is 13.2 Å². The monoisotopic (exact) mass is 599 g/mol. The van der Waals surface area contributed by atoms with Crippen LogP contribution < -0.4 is 16.2 Å². The maximum Gasteiger partial charge on any atom is 0.412 e. The summed E-state index contributed by atoms with van der Waals surface area (Å²) in [5.41, 5.74) is 5.86. The summed E-state index contributed by atoms with van der Waals surface area (Å²) in [7, 11) is 1.47. The van der Waals surface area contributed by atoms with Gasteiger partial charge in [0.05, 0.1) is 5.71 Å². The molecule has 3 rings (SSSR count). The van der Waals surface area contributed by atoms with E-state index >= 15 is 0 Å². The van der Waals surface area contributed by atoms with Crippen molar-refractivity contribution in [2.24, 2.45) is 16.1 Å². The van der Waals surface area contributed by atoms with Gasteiger partial charge in [-0.15, -0.1) is 6.58 Å². The molecular weight excluding hydrogens is 547 g/mol. The van der Waals surface area contributed by atoms with Crippen molar-refractivity contribution in [1.29, 1.82) is 0 Å². The number of amides is 1. The van der Waals surface area contributed by atoms with Crippen molar-refractivity contribution in [2.45, 2.75) is 91.9 Å². The van der Waals surface area contributed by atoms with Crippen LogP contribution in [0.5, 0.6) is 0 Å². The molecule has 3 aliphatic heterocycles. The van der Waals surface area contributed by atoms with Gasteiger partial charge in [-0.1, -0.05) is 31.2 Å². The molecule has 240 valence electrons. The lowest BCUT2D eigenvalue weighted by molar-refractivity contribution is -0.119. The molecule has 2 unspecified atom stereocenters. The van der Waals surface area contributed by atoms with Crippen LogP contribution in [-0.4, -0.2) is 85.3 Å². The number of nitrogens with one attached hydrogen (secondary N) is 3. The van der Waals surface area contributed by atoms with Crippen LogP contribution in [0.1, 0.15) is 73.6 Å². The van der Waals surface area contributed by atoms with Gasteiger partial charge in [-0.05, 0) is 72.9 Å². The first-order valence-corrected chi connectivity index (χ1v) is 14.9. The van der Waals surface area contributed by atoms with Crippen LogP contribution >= 0.6 is 0 Å². The minimum Gasteiger partial charge on any atom is -0.374 e. The molecule has 9 nitrogen and oxygen atoms in total. The predicted octanol–water partition coefficient (Wildman–Crippen LogP) is 5.15. The van der Waals surface area contributed by atoms with Gasteiger partial charge < -0.3 is 25.4 Å². The van der Waals surface area contributed by atoms with Gasteiger partial charge >= 0.3 is 6.18 Å². The zero-order valence-electron chi connectivity index (χ0n) is 26.5. The van der Waals surface area contributed by atoms with Gasteiger partial charge in [-0.3, -0.25) is 9.79 Å². The zero-order valence-corrected chi connectivity index (χ0v) is 26.5. The molecule has 3 fully saturated rings. The standard InChI is InChI=1S/C15H27N3O.C13H19F3N4O.C2H6/c1-13(2)16-19-14(3)12-17-10-6-15(7-11-17)18-8-4-5-9-18;1-4-10-6-9(5-8(2)13(14,15)16)12(20-19-10)18-7-11(21)17-3;1-2/h12,15H,4-11H2,1-3H3;4-5,9-10,19H,1,6-7H2,2-3H3,(H,17,21)(H,18,20);1-2H3/b14-12+;8-5+;. The number of likely N-dealkylation sites (N-methyl/N-ethyl adjacent to an activating group) is 1. The van der Waals surface area contributed by atoms with E-state index in [1.54, 1.807) is 6.08 Å². The van der Waals surface area contributed by atoms with Gasteiger partial charge in [-0.25, -0.2) is 5.43 Å². The van der Waals surface area contributed by atoms with Crippen LogP contribution in [0.3, 0.4) is 0 Å². The Bertz CT molecular complexity index is 945. The number of aliphatic imine (C=N–C) groups is 1. The minimum absolute atomic E-state index is 0.144. The summed E-state index contributed by atoms with van der Waals surface area (Å²) < 4.78 is 38.0. The van der Waals surface area contributed by atoms with E-state index in [2.05, 4.69) is 48.9 Å². The Hall–Kier alpha value is -2.86. The van der Waals surface area contributed by atoms with Gasteiger partial charge in [0.25, 0.3) is 0 Å². The molecule has 0 aliphatic carbocycles. The molecule has 3 N–H and O–H groups in total. The number of hydrogen-bond acceptors (Lipinski definition) is 7. The highest BCUT2D eigenvalue weighted by molar-refractivity contribution is 5.89. The number of allylic oxidation sites excluding steroid dienone is 2. The van der Waals surface area contributed by atoms with Gasteiger partial charge in [0.2, 0.25) is 5.91 Å². The first-order valence-electron chi connectivity index (χ1n) is 14.9. The first-order chi connectivity index (χ1) is 19.9. The fraction of sp³-hybridized carbons (Fsp3) is 0.700. The van der Waals surface area contributed by atoms with E-state index in [4.69, 9.17) is 4.84 Å². The van der Waals surface area contributed by atoms with Gasteiger partial charge in [0.15, 0.2) is 0 Å². The molecule has 1 amide bonds. The van der Waals surface area contributed by atoms with Crippen LogP contribution in [0, 0.1) is 5.92 Å². The molecule has 0 aromatic carbocycles. The van der Waals surface area contributed by atoms with Crippen molar-refractivity contribution >= 4 is 17.5 Å². The maximum atomic E-state index is 12.7. The second-order valence-electron chi connectivity index (χ2n) is 10.6. The number of carbonyl (C=O) groups excluding carboxylic acids is 1. The second-order valence-corrected chi connectivity index (χ2v) is 10.6. The maximum absolute atomic E-state index is 12.7. The summed E-state index contributed by atoms with van der Waals surface area (Å²) in [6.45, 7) is 19.2. The summed E-state index contributed by atoms with van der Waals surface area (Å²) in [5.74, 6) is 0.312. The van der Waals surface area contributed by atoms with E-state index in [1.807, 2.05) is 34.6 Å². The highest BCUT2D eigenvalue weighted by Gasteiger charge is 2.33. The fourth-order valence-corrected chi connectivity index (χ4v) is 4.73. The largest absolute Gasteiger partial charge is 0.412 e. The second kappa shape index (κ2) is 19.4. The Balaban J connectivity index is 0.000000398. The van der Waals surface area contributed by atoms with E-state index in [1.165, 1.54) is 45.8 Å². The summed E-state index contributed by atoms with van der Waals surface area (Å²) in [5, 5.41) is 6.38. The predicted molar refractivity (Wildman–Crippen MR) is 165 cm³/mol. The number of oxime groups is 1. The van der Waals surface area contributed by atoms with E-state index in [-0.39, 0.29) is 18.5 Å². The van der Waals surface area contributed by atoms with Crippen LogP contribution in [0.4, 0.5) is 13.2 Å². The molecule has 0 radical (unpaired) electrons. The Kier molecular flexibility index (Phi) is 17.1. The Morgan fingerprint density at radius 2 is 1.74 bits per heavy atom. The number of hydrazine groups is 1. The number of alkyl halides is 3. The lowest BCUT2D eigenvalue weighted by atomic mass is 9.94. The fourth-order valence-electron chi connectivity index (χ4n) is 4.73. The Morgan fingerprint density at radius 3 is 2.26 bits per heavy atom. The number of halogens is 3. The average molecular weight is 600 g/mol. The highest BCUT2D eigenvalue weighted by atomic mass is 19.4. The smallest absolute Gasteiger partial charge is 0.374 e. The van der Waals surface area contributed by atoms with E-state index in [0.29, 0.717) is 12.3 Å². The molecule has 0 aromatic heterocycles. The Morgan fingerprint density at radius 1 is 1.12 bits per heavy atom. The first kappa shape index (κ1) is 37.2. The van der Waals surface area contributed by atoms with Crippen LogP contribution in [0.2, 0.25) is 0 Å². The van der Waals surface area contributed by atoms with E-state index in [0.717, 1.165) is 43.6 Å². The van der Waals surface area contributed by atoms with E-state index < -0.39 is 17.7 Å². The molecule has 0 bridgehead atoms. The van der Waals surface area contributed by atoms with Crippen molar-refractivity contribution in [3.05, 3.63) is 36.3 Å². The number of piperidine rings is 1. The third-order valence-corrected chi connectivity index (χ3v) is 6.99. The number of rotatable bonds is 8. The number of amidine groups is 1. The minimum atomic E-state index is -4.37. The summed E-state index contributed by atoms with van der Waals surface area (Å²) in [6, 6.07) is 0.635. The van der Waals surface area contributed by atoms with Crippen molar-refractivity contribution in [3.8, 4) is 0 Å². The molecular formula is C30H52F3N7O2. The third-order valence-electron chi connectivity index (χ3n) is 6.99. The number of nitrogens with zero attached hydrogens (tertiary/aromatic N) is 4. The normalized spacial score (nSPS) is 23.1. The highest BCUT2D eigenvalue weighted by Crippen LogP contribution is 2.28. The number of hydrogen-bond donors (Lipinski definition) is 3. The molecule has 0 spiro atoms. The quantitative estimate of drug-likeness (QED) is 0.155. The van der Waals surface area contributed by atoms with E-state index in [9.17, 15) is 18.0 Å². The van der Waals surface area contributed by atoms with Crippen molar-refractivity contribution in [1.82, 2.24) is 26.0 Å². The molecule has 0 saturated carbocycles. The number of likely N-dealkylation sites (tertiary alicyclic amines) is 2. The molecule has 2 atom stereocenters. The van der Waals surface area contributed by atoms with Crippen molar-refractivity contribution in [2.75, 3.05) is 39.8 Å².